The van der Waals surface area contributed by atoms with Crippen LogP contribution in [-0.2, 0) is 16.0 Å². The van der Waals surface area contributed by atoms with Crippen molar-refractivity contribution in [3.05, 3.63) is 52.2 Å². The van der Waals surface area contributed by atoms with Crippen LogP contribution in [0, 0.1) is 5.92 Å². The fraction of sp³-hybridized carbons (Fsp3) is 0.400. The van der Waals surface area contributed by atoms with E-state index in [0.29, 0.717) is 18.8 Å². The fourth-order valence-corrected chi connectivity index (χ4v) is 4.11. The van der Waals surface area contributed by atoms with E-state index in [2.05, 4.69) is 25.2 Å². The highest BCUT2D eigenvalue weighted by molar-refractivity contribution is 7.10. The minimum atomic E-state index is 0.0251. The molecule has 1 aromatic heterocycles. The van der Waals surface area contributed by atoms with Gasteiger partial charge in [-0.2, -0.15) is 0 Å². The largest absolute Gasteiger partial charge is 0.348 e. The molecule has 1 fully saturated rings. The molecule has 0 aliphatic carbocycles. The summed E-state index contributed by atoms with van der Waals surface area (Å²) in [6.07, 6.45) is 1.90. The maximum Gasteiger partial charge on any atom is 0.227 e. The van der Waals surface area contributed by atoms with Crippen molar-refractivity contribution in [2.75, 3.05) is 11.4 Å². The van der Waals surface area contributed by atoms with Gasteiger partial charge in [0.1, 0.15) is 0 Å². The highest BCUT2D eigenvalue weighted by atomic mass is 32.1. The second-order valence-electron chi connectivity index (χ2n) is 6.80. The topological polar surface area (TPSA) is 49.4 Å². The van der Waals surface area contributed by atoms with Crippen LogP contribution in [0.3, 0.4) is 0 Å². The Morgan fingerprint density at radius 3 is 2.56 bits per heavy atom. The summed E-state index contributed by atoms with van der Waals surface area (Å²) in [5, 5.41) is 5.19. The van der Waals surface area contributed by atoms with Crippen LogP contribution in [0.1, 0.15) is 43.2 Å². The Hall–Kier alpha value is -2.14. The van der Waals surface area contributed by atoms with Gasteiger partial charge in [0.25, 0.3) is 0 Å². The van der Waals surface area contributed by atoms with Crippen molar-refractivity contribution < 1.29 is 9.59 Å². The third kappa shape index (κ3) is 4.28. The number of anilines is 1. The lowest BCUT2D eigenvalue weighted by Gasteiger charge is -2.21. The number of thiophene rings is 1. The summed E-state index contributed by atoms with van der Waals surface area (Å²) in [6.45, 7) is 5.02. The molecule has 25 heavy (non-hydrogen) atoms. The van der Waals surface area contributed by atoms with Crippen LogP contribution in [0.4, 0.5) is 5.69 Å². The number of hydrogen-bond donors (Lipinski definition) is 1. The monoisotopic (exact) mass is 356 g/mol. The van der Waals surface area contributed by atoms with Crippen molar-refractivity contribution in [1.82, 2.24) is 5.32 Å². The Balaban J connectivity index is 1.61. The third-order valence-electron chi connectivity index (χ3n) is 4.52. The van der Waals surface area contributed by atoms with Crippen molar-refractivity contribution in [2.45, 2.75) is 39.2 Å². The zero-order chi connectivity index (χ0) is 17.8. The Labute approximate surface area is 152 Å². The molecule has 0 unspecified atom stereocenters. The lowest BCUT2D eigenvalue weighted by atomic mass is 10.0. The number of nitrogens with zero attached hydrogens (tertiary/aromatic N) is 1. The average Bonchev–Trinajstić information content (AvgIpc) is 3.25. The molecule has 0 spiro atoms. The smallest absolute Gasteiger partial charge is 0.227 e. The van der Waals surface area contributed by atoms with Crippen LogP contribution in [-0.4, -0.2) is 18.4 Å². The quantitative estimate of drug-likeness (QED) is 0.852. The van der Waals surface area contributed by atoms with E-state index in [1.165, 1.54) is 4.88 Å². The Morgan fingerprint density at radius 2 is 2.00 bits per heavy atom. The molecule has 132 valence electrons. The molecule has 1 atom stereocenters. The molecule has 1 aliphatic heterocycles. The minimum absolute atomic E-state index is 0.0251. The van der Waals surface area contributed by atoms with Gasteiger partial charge >= 0.3 is 0 Å². The zero-order valence-corrected chi connectivity index (χ0v) is 15.5. The predicted molar refractivity (Wildman–Crippen MR) is 102 cm³/mol. The van der Waals surface area contributed by atoms with Crippen molar-refractivity contribution >= 4 is 28.8 Å². The maximum atomic E-state index is 12.4. The fourth-order valence-electron chi connectivity index (χ4n) is 3.16. The maximum absolute atomic E-state index is 12.4. The average molecular weight is 356 g/mol. The first-order valence-electron chi connectivity index (χ1n) is 8.76. The molecule has 1 aromatic carbocycles. The molecule has 3 rings (SSSR count). The van der Waals surface area contributed by atoms with E-state index in [0.717, 1.165) is 24.2 Å². The normalized spacial score (nSPS) is 15.6. The van der Waals surface area contributed by atoms with Gasteiger partial charge in [-0.05, 0) is 41.5 Å². The number of carbonyl (C=O) groups is 2. The SMILES string of the molecule is CC(C)[C@@H](NC(=O)Cc1ccc(N2CCCC2=O)cc1)c1cccs1. The lowest BCUT2D eigenvalue weighted by Crippen LogP contribution is -2.32. The zero-order valence-electron chi connectivity index (χ0n) is 14.7. The molecule has 5 heteroatoms. The molecule has 0 radical (unpaired) electrons. The van der Waals surface area contributed by atoms with Crippen LogP contribution < -0.4 is 10.2 Å². The lowest BCUT2D eigenvalue weighted by molar-refractivity contribution is -0.121. The molecule has 1 aliphatic rings. The summed E-state index contributed by atoms with van der Waals surface area (Å²) in [5.74, 6) is 0.546. The Morgan fingerprint density at radius 1 is 1.24 bits per heavy atom. The first-order valence-corrected chi connectivity index (χ1v) is 9.64. The summed E-state index contributed by atoms with van der Waals surface area (Å²) < 4.78 is 0. The number of rotatable bonds is 6. The van der Waals surface area contributed by atoms with Gasteiger partial charge in [0, 0.05) is 23.5 Å². The van der Waals surface area contributed by atoms with E-state index in [4.69, 9.17) is 0 Å². The van der Waals surface area contributed by atoms with Gasteiger partial charge < -0.3 is 10.2 Å². The molecular weight excluding hydrogens is 332 g/mol. The molecule has 0 bridgehead atoms. The molecule has 2 aromatic rings. The molecule has 1 N–H and O–H groups in total. The highest BCUT2D eigenvalue weighted by Gasteiger charge is 2.22. The standard InChI is InChI=1S/C20H24N2O2S/c1-14(2)20(17-5-4-12-25-17)21-18(23)13-15-7-9-16(10-8-15)22-11-3-6-19(22)24/h4-5,7-10,12,14,20H,3,6,11,13H2,1-2H3,(H,21,23)/t20-/m1/s1. The molecular formula is C20H24N2O2S. The number of benzene rings is 1. The summed E-state index contributed by atoms with van der Waals surface area (Å²) in [5.41, 5.74) is 1.88. The number of hydrogen-bond acceptors (Lipinski definition) is 3. The van der Waals surface area contributed by atoms with E-state index in [1.54, 1.807) is 11.3 Å². The van der Waals surface area contributed by atoms with E-state index in [-0.39, 0.29) is 17.9 Å². The summed E-state index contributed by atoms with van der Waals surface area (Å²) in [4.78, 5) is 27.2. The van der Waals surface area contributed by atoms with Gasteiger partial charge in [-0.3, -0.25) is 9.59 Å². The predicted octanol–water partition coefficient (Wildman–Crippen LogP) is 3.93. The minimum Gasteiger partial charge on any atom is -0.348 e. The summed E-state index contributed by atoms with van der Waals surface area (Å²) in [7, 11) is 0. The first kappa shape index (κ1) is 17.7. The van der Waals surface area contributed by atoms with Gasteiger partial charge in [-0.25, -0.2) is 0 Å². The Bertz CT molecular complexity index is 723. The Kier molecular flexibility index (Phi) is 5.53. The number of amides is 2. The van der Waals surface area contributed by atoms with Gasteiger partial charge in [0.05, 0.1) is 12.5 Å². The van der Waals surface area contributed by atoms with Crippen molar-refractivity contribution in [2.24, 2.45) is 5.92 Å². The summed E-state index contributed by atoms with van der Waals surface area (Å²) >= 11 is 1.67. The highest BCUT2D eigenvalue weighted by Crippen LogP contribution is 2.26. The van der Waals surface area contributed by atoms with E-state index in [1.807, 2.05) is 40.6 Å². The third-order valence-corrected chi connectivity index (χ3v) is 5.47. The van der Waals surface area contributed by atoms with Crippen LogP contribution in [0.15, 0.2) is 41.8 Å². The second-order valence-corrected chi connectivity index (χ2v) is 7.78. The molecule has 0 saturated carbocycles. The van der Waals surface area contributed by atoms with Crippen molar-refractivity contribution in [1.29, 1.82) is 0 Å². The van der Waals surface area contributed by atoms with E-state index >= 15 is 0 Å². The molecule has 4 nitrogen and oxygen atoms in total. The number of carbonyl (C=O) groups excluding carboxylic acids is 2. The molecule has 1 saturated heterocycles. The van der Waals surface area contributed by atoms with Crippen molar-refractivity contribution in [3.63, 3.8) is 0 Å². The molecule has 2 heterocycles. The van der Waals surface area contributed by atoms with Gasteiger partial charge in [0.15, 0.2) is 0 Å². The van der Waals surface area contributed by atoms with Crippen LogP contribution in [0.5, 0.6) is 0 Å². The van der Waals surface area contributed by atoms with Crippen LogP contribution in [0.2, 0.25) is 0 Å². The van der Waals surface area contributed by atoms with Crippen LogP contribution in [0.25, 0.3) is 0 Å². The second kappa shape index (κ2) is 7.83. The van der Waals surface area contributed by atoms with E-state index < -0.39 is 0 Å². The molecule has 2 amide bonds. The van der Waals surface area contributed by atoms with Gasteiger partial charge in [-0.15, -0.1) is 11.3 Å². The van der Waals surface area contributed by atoms with E-state index in [9.17, 15) is 9.59 Å². The van der Waals surface area contributed by atoms with Crippen molar-refractivity contribution in [3.8, 4) is 0 Å². The first-order chi connectivity index (χ1) is 12.0. The van der Waals surface area contributed by atoms with Crippen LogP contribution >= 0.6 is 11.3 Å². The number of nitrogens with one attached hydrogen (secondary N) is 1. The van der Waals surface area contributed by atoms with Gasteiger partial charge in [0.2, 0.25) is 11.8 Å². The summed E-state index contributed by atoms with van der Waals surface area (Å²) in [6, 6.07) is 11.9. The van der Waals surface area contributed by atoms with Gasteiger partial charge in [-0.1, -0.05) is 32.0 Å².